The molecule has 1 fully saturated rings. The first-order valence-corrected chi connectivity index (χ1v) is 7.67. The number of aliphatic hydroxyl groups is 1. The minimum atomic E-state index is -0.418. The zero-order valence-electron chi connectivity index (χ0n) is 12.8. The van der Waals surface area contributed by atoms with Gasteiger partial charge in [0.15, 0.2) is 0 Å². The summed E-state index contributed by atoms with van der Waals surface area (Å²) in [5.41, 5.74) is 1.31. The minimum Gasteiger partial charge on any atom is -0.396 e. The minimum absolute atomic E-state index is 0.0123. The van der Waals surface area contributed by atoms with E-state index in [1.54, 1.807) is 19.1 Å². The number of nitro benzene ring substituents is 1. The summed E-state index contributed by atoms with van der Waals surface area (Å²) in [6.07, 6.45) is 3.74. The van der Waals surface area contributed by atoms with Crippen molar-refractivity contribution in [3.63, 3.8) is 0 Å². The van der Waals surface area contributed by atoms with Crippen molar-refractivity contribution in [3.05, 3.63) is 39.4 Å². The van der Waals surface area contributed by atoms with Crippen LogP contribution in [0.1, 0.15) is 36.8 Å². The standard InChI is InChI=1S/C16H22N2O4/c1-12-13(5-4-7-15(12)18(21)22)11-16(20)17-9-3-2-6-14(17)8-10-19/h4-5,7,14,19H,2-3,6,8-11H2,1H3. The molecule has 1 aromatic carbocycles. The summed E-state index contributed by atoms with van der Waals surface area (Å²) >= 11 is 0. The van der Waals surface area contributed by atoms with Gasteiger partial charge in [-0.15, -0.1) is 0 Å². The molecule has 120 valence electrons. The number of nitrogens with zero attached hydrogens (tertiary/aromatic N) is 2. The van der Waals surface area contributed by atoms with Crippen LogP contribution in [-0.4, -0.2) is 40.0 Å². The van der Waals surface area contributed by atoms with Crippen molar-refractivity contribution in [1.29, 1.82) is 0 Å². The number of carbonyl (C=O) groups is 1. The Morgan fingerprint density at radius 3 is 2.91 bits per heavy atom. The summed E-state index contributed by atoms with van der Waals surface area (Å²) in [4.78, 5) is 25.0. The van der Waals surface area contributed by atoms with Crippen LogP contribution in [0.4, 0.5) is 5.69 Å². The lowest BCUT2D eigenvalue weighted by molar-refractivity contribution is -0.385. The van der Waals surface area contributed by atoms with Crippen molar-refractivity contribution in [2.75, 3.05) is 13.2 Å². The lowest BCUT2D eigenvalue weighted by atomic mass is 9.97. The van der Waals surface area contributed by atoms with Gasteiger partial charge in [0, 0.05) is 30.8 Å². The van der Waals surface area contributed by atoms with Gasteiger partial charge in [-0.1, -0.05) is 12.1 Å². The Balaban J connectivity index is 2.14. The van der Waals surface area contributed by atoms with Gasteiger partial charge in [0.25, 0.3) is 5.69 Å². The molecular formula is C16H22N2O4. The number of likely N-dealkylation sites (tertiary alicyclic amines) is 1. The second-order valence-electron chi connectivity index (χ2n) is 5.74. The second kappa shape index (κ2) is 7.35. The highest BCUT2D eigenvalue weighted by Gasteiger charge is 2.27. The molecule has 1 aromatic rings. The van der Waals surface area contributed by atoms with E-state index in [1.165, 1.54) is 6.07 Å². The summed E-state index contributed by atoms with van der Waals surface area (Å²) in [5, 5.41) is 20.1. The monoisotopic (exact) mass is 306 g/mol. The Morgan fingerprint density at radius 2 is 2.23 bits per heavy atom. The molecule has 6 heteroatoms. The topological polar surface area (TPSA) is 83.7 Å². The molecule has 0 radical (unpaired) electrons. The van der Waals surface area contributed by atoms with Crippen molar-refractivity contribution in [2.24, 2.45) is 0 Å². The van der Waals surface area contributed by atoms with E-state index in [-0.39, 0.29) is 30.7 Å². The summed E-state index contributed by atoms with van der Waals surface area (Å²) in [5.74, 6) is -0.0123. The molecule has 1 N–H and O–H groups in total. The molecule has 1 unspecified atom stereocenters. The number of hydrogen-bond acceptors (Lipinski definition) is 4. The predicted molar refractivity (Wildman–Crippen MR) is 82.6 cm³/mol. The third-order valence-electron chi connectivity index (χ3n) is 4.37. The maximum Gasteiger partial charge on any atom is 0.272 e. The maximum atomic E-state index is 12.6. The van der Waals surface area contributed by atoms with Gasteiger partial charge in [0.2, 0.25) is 5.91 Å². The van der Waals surface area contributed by atoms with Gasteiger partial charge in [0.1, 0.15) is 0 Å². The van der Waals surface area contributed by atoms with E-state index in [4.69, 9.17) is 5.11 Å². The van der Waals surface area contributed by atoms with Crippen molar-refractivity contribution in [1.82, 2.24) is 4.90 Å². The van der Waals surface area contributed by atoms with Crippen molar-refractivity contribution >= 4 is 11.6 Å². The molecule has 1 amide bonds. The van der Waals surface area contributed by atoms with E-state index in [0.717, 1.165) is 19.3 Å². The van der Waals surface area contributed by atoms with E-state index in [0.29, 0.717) is 24.1 Å². The molecule has 1 atom stereocenters. The maximum absolute atomic E-state index is 12.6. The van der Waals surface area contributed by atoms with E-state index >= 15 is 0 Å². The lowest BCUT2D eigenvalue weighted by Gasteiger charge is -2.35. The number of nitro groups is 1. The quantitative estimate of drug-likeness (QED) is 0.667. The van der Waals surface area contributed by atoms with Crippen LogP contribution in [0.15, 0.2) is 18.2 Å². The van der Waals surface area contributed by atoms with Crippen molar-refractivity contribution < 1.29 is 14.8 Å². The van der Waals surface area contributed by atoms with Gasteiger partial charge in [0.05, 0.1) is 11.3 Å². The van der Waals surface area contributed by atoms with Crippen LogP contribution in [0.5, 0.6) is 0 Å². The summed E-state index contributed by atoms with van der Waals surface area (Å²) in [6.45, 7) is 2.46. The zero-order chi connectivity index (χ0) is 16.1. The normalized spacial score (nSPS) is 18.3. The Labute approximate surface area is 129 Å². The molecule has 1 aliphatic heterocycles. The highest BCUT2D eigenvalue weighted by Crippen LogP contribution is 2.24. The molecule has 1 saturated heterocycles. The fourth-order valence-electron chi connectivity index (χ4n) is 3.10. The molecule has 1 aliphatic rings. The average molecular weight is 306 g/mol. The van der Waals surface area contributed by atoms with E-state index in [9.17, 15) is 14.9 Å². The molecule has 0 saturated carbocycles. The first-order chi connectivity index (χ1) is 10.5. The molecule has 0 bridgehead atoms. The lowest BCUT2D eigenvalue weighted by Crippen LogP contribution is -2.44. The molecule has 22 heavy (non-hydrogen) atoms. The highest BCUT2D eigenvalue weighted by molar-refractivity contribution is 5.80. The summed E-state index contributed by atoms with van der Waals surface area (Å²) in [6, 6.07) is 4.93. The van der Waals surface area contributed by atoms with E-state index in [2.05, 4.69) is 0 Å². The molecule has 0 aliphatic carbocycles. The number of hydrogen-bond donors (Lipinski definition) is 1. The van der Waals surface area contributed by atoms with Crippen LogP contribution in [-0.2, 0) is 11.2 Å². The Morgan fingerprint density at radius 1 is 1.45 bits per heavy atom. The van der Waals surface area contributed by atoms with Gasteiger partial charge in [-0.05, 0) is 38.2 Å². The summed E-state index contributed by atoms with van der Waals surface area (Å²) in [7, 11) is 0. The molecule has 2 rings (SSSR count). The SMILES string of the molecule is Cc1c(CC(=O)N2CCCCC2CCO)cccc1[N+](=O)[O-]. The van der Waals surface area contributed by atoms with E-state index < -0.39 is 4.92 Å². The fourth-order valence-corrected chi connectivity index (χ4v) is 3.10. The molecule has 6 nitrogen and oxygen atoms in total. The molecule has 0 spiro atoms. The van der Waals surface area contributed by atoms with Crippen molar-refractivity contribution in [3.8, 4) is 0 Å². The zero-order valence-corrected chi connectivity index (χ0v) is 12.8. The second-order valence-corrected chi connectivity index (χ2v) is 5.74. The van der Waals surface area contributed by atoms with Crippen molar-refractivity contribution in [2.45, 2.75) is 45.1 Å². The Bertz CT molecular complexity index is 557. The Hall–Kier alpha value is -1.95. The van der Waals surface area contributed by atoms with Crippen LogP contribution in [0.2, 0.25) is 0 Å². The number of piperidine rings is 1. The molecule has 1 heterocycles. The number of rotatable bonds is 5. The fraction of sp³-hybridized carbons (Fsp3) is 0.562. The van der Waals surface area contributed by atoms with Crippen LogP contribution in [0.25, 0.3) is 0 Å². The van der Waals surface area contributed by atoms with Gasteiger partial charge >= 0.3 is 0 Å². The number of carbonyl (C=O) groups excluding carboxylic acids is 1. The number of aliphatic hydroxyl groups excluding tert-OH is 1. The molecule has 0 aromatic heterocycles. The van der Waals surface area contributed by atoms with Crippen LogP contribution >= 0.6 is 0 Å². The highest BCUT2D eigenvalue weighted by atomic mass is 16.6. The first-order valence-electron chi connectivity index (χ1n) is 7.67. The van der Waals surface area contributed by atoms with Crippen LogP contribution < -0.4 is 0 Å². The number of benzene rings is 1. The van der Waals surface area contributed by atoms with Crippen LogP contribution in [0.3, 0.4) is 0 Å². The van der Waals surface area contributed by atoms with Gasteiger partial charge < -0.3 is 10.0 Å². The smallest absolute Gasteiger partial charge is 0.272 e. The largest absolute Gasteiger partial charge is 0.396 e. The third-order valence-corrected chi connectivity index (χ3v) is 4.37. The first kappa shape index (κ1) is 16.4. The van der Waals surface area contributed by atoms with Crippen LogP contribution in [0, 0.1) is 17.0 Å². The third kappa shape index (κ3) is 3.62. The van der Waals surface area contributed by atoms with Gasteiger partial charge in [-0.2, -0.15) is 0 Å². The van der Waals surface area contributed by atoms with Gasteiger partial charge in [-0.3, -0.25) is 14.9 Å². The number of amides is 1. The summed E-state index contributed by atoms with van der Waals surface area (Å²) < 4.78 is 0. The van der Waals surface area contributed by atoms with E-state index in [1.807, 2.05) is 4.90 Å². The molecular weight excluding hydrogens is 284 g/mol. The predicted octanol–water partition coefficient (Wildman–Crippen LogP) is 2.21. The Kier molecular flexibility index (Phi) is 5.49. The average Bonchev–Trinajstić information content (AvgIpc) is 2.50. The van der Waals surface area contributed by atoms with Gasteiger partial charge in [-0.25, -0.2) is 0 Å².